The van der Waals surface area contributed by atoms with Gasteiger partial charge in [0.15, 0.2) is 5.16 Å². The maximum absolute atomic E-state index is 13.1. The highest BCUT2D eigenvalue weighted by Gasteiger charge is 2.14. The monoisotopic (exact) mass is 415 g/mol. The molecule has 1 atom stereocenters. The van der Waals surface area contributed by atoms with E-state index in [1.807, 2.05) is 44.2 Å². The van der Waals surface area contributed by atoms with Crippen molar-refractivity contribution < 1.29 is 4.79 Å². The largest absolute Gasteiger partial charge is 0.353 e. The third-order valence-corrected chi connectivity index (χ3v) is 5.66. The Hall–Kier alpha value is -2.31. The maximum atomic E-state index is 13.1. The highest BCUT2D eigenvalue weighted by molar-refractivity contribution is 7.99. The number of carbonyl (C=O) groups excluding carboxylic acids is 1. The van der Waals surface area contributed by atoms with Crippen molar-refractivity contribution in [2.45, 2.75) is 38.0 Å². The first kappa shape index (κ1) is 20.4. The van der Waals surface area contributed by atoms with Crippen molar-refractivity contribution in [1.82, 2.24) is 14.9 Å². The zero-order chi connectivity index (χ0) is 20.1. The first-order chi connectivity index (χ1) is 13.5. The molecule has 0 fully saturated rings. The molecule has 0 saturated heterocycles. The van der Waals surface area contributed by atoms with Crippen LogP contribution >= 0.6 is 23.4 Å². The molecule has 1 aromatic heterocycles. The maximum Gasteiger partial charge on any atom is 0.262 e. The van der Waals surface area contributed by atoms with Crippen LogP contribution in [0.5, 0.6) is 0 Å². The number of thioether (sulfide) groups is 1. The van der Waals surface area contributed by atoms with Crippen LogP contribution in [0.25, 0.3) is 10.9 Å². The van der Waals surface area contributed by atoms with Gasteiger partial charge in [-0.05, 0) is 43.2 Å². The molecule has 3 aromatic rings. The van der Waals surface area contributed by atoms with Crippen molar-refractivity contribution in [3.05, 3.63) is 69.5 Å². The summed E-state index contributed by atoms with van der Waals surface area (Å²) in [5.74, 6) is 0.134. The molecule has 0 saturated carbocycles. The Morgan fingerprint density at radius 3 is 2.64 bits per heavy atom. The number of nitrogens with one attached hydrogen (secondary N) is 1. The summed E-state index contributed by atoms with van der Waals surface area (Å²) in [6, 6.07) is 14.7. The SMILES string of the molecule is CCC(C)NC(=O)CSc1nc2ccccc2c(=O)n1Cc1ccc(Cl)cc1. The summed E-state index contributed by atoms with van der Waals surface area (Å²) in [5, 5.41) is 4.67. The van der Waals surface area contributed by atoms with E-state index in [9.17, 15) is 9.59 Å². The number of amides is 1. The van der Waals surface area contributed by atoms with Crippen LogP contribution in [0.4, 0.5) is 0 Å². The van der Waals surface area contributed by atoms with E-state index in [0.29, 0.717) is 27.6 Å². The van der Waals surface area contributed by atoms with Gasteiger partial charge in [-0.2, -0.15) is 0 Å². The van der Waals surface area contributed by atoms with E-state index in [0.717, 1.165) is 12.0 Å². The Morgan fingerprint density at radius 1 is 1.21 bits per heavy atom. The number of carbonyl (C=O) groups is 1. The van der Waals surface area contributed by atoms with Crippen LogP contribution in [-0.2, 0) is 11.3 Å². The quantitative estimate of drug-likeness (QED) is 0.466. The fourth-order valence-corrected chi connectivity index (χ4v) is 3.65. The lowest BCUT2D eigenvalue weighted by Gasteiger charge is -2.14. The molecule has 1 heterocycles. The molecule has 7 heteroatoms. The van der Waals surface area contributed by atoms with Gasteiger partial charge in [0.2, 0.25) is 5.91 Å². The molecule has 3 rings (SSSR count). The summed E-state index contributed by atoms with van der Waals surface area (Å²) < 4.78 is 1.62. The fraction of sp³-hybridized carbons (Fsp3) is 0.286. The number of benzene rings is 2. The molecular formula is C21H22ClN3O2S. The van der Waals surface area contributed by atoms with Gasteiger partial charge in [0.05, 0.1) is 23.2 Å². The summed E-state index contributed by atoms with van der Waals surface area (Å²) in [6.07, 6.45) is 0.867. The molecule has 0 bridgehead atoms. The summed E-state index contributed by atoms with van der Waals surface area (Å²) in [6.45, 7) is 4.35. The second kappa shape index (κ2) is 9.26. The van der Waals surface area contributed by atoms with Crippen molar-refractivity contribution in [2.24, 2.45) is 0 Å². The second-order valence-electron chi connectivity index (χ2n) is 6.59. The number of nitrogens with zero attached hydrogens (tertiary/aromatic N) is 2. The number of para-hydroxylation sites is 1. The van der Waals surface area contributed by atoms with Gasteiger partial charge in [0, 0.05) is 11.1 Å². The topological polar surface area (TPSA) is 64.0 Å². The Bertz CT molecular complexity index is 1030. The predicted molar refractivity (Wildman–Crippen MR) is 115 cm³/mol. The van der Waals surface area contributed by atoms with E-state index < -0.39 is 0 Å². The van der Waals surface area contributed by atoms with Crippen LogP contribution in [0.3, 0.4) is 0 Å². The summed E-state index contributed by atoms with van der Waals surface area (Å²) in [5.41, 5.74) is 1.45. The molecule has 0 aliphatic rings. The van der Waals surface area contributed by atoms with Gasteiger partial charge in [-0.15, -0.1) is 0 Å². The molecule has 0 spiro atoms. The molecule has 1 N–H and O–H groups in total. The zero-order valence-electron chi connectivity index (χ0n) is 15.8. The minimum absolute atomic E-state index is 0.0696. The average molecular weight is 416 g/mol. The third kappa shape index (κ3) is 4.94. The minimum atomic E-state index is -0.120. The summed E-state index contributed by atoms with van der Waals surface area (Å²) in [4.78, 5) is 29.9. The van der Waals surface area contributed by atoms with Crippen molar-refractivity contribution in [2.75, 3.05) is 5.75 Å². The van der Waals surface area contributed by atoms with Crippen LogP contribution in [-0.4, -0.2) is 27.3 Å². The van der Waals surface area contributed by atoms with E-state index in [4.69, 9.17) is 11.6 Å². The van der Waals surface area contributed by atoms with Crippen molar-refractivity contribution in [3.63, 3.8) is 0 Å². The molecule has 0 aliphatic heterocycles. The number of aromatic nitrogens is 2. The van der Waals surface area contributed by atoms with Crippen LogP contribution in [0.1, 0.15) is 25.8 Å². The Labute approximate surface area is 173 Å². The van der Waals surface area contributed by atoms with Gasteiger partial charge in [-0.25, -0.2) is 4.98 Å². The second-order valence-corrected chi connectivity index (χ2v) is 7.97. The van der Waals surface area contributed by atoms with Gasteiger partial charge < -0.3 is 5.32 Å². The summed E-state index contributed by atoms with van der Waals surface area (Å²) >= 11 is 7.24. The highest BCUT2D eigenvalue weighted by atomic mass is 35.5. The van der Waals surface area contributed by atoms with Gasteiger partial charge in [-0.3, -0.25) is 14.2 Å². The van der Waals surface area contributed by atoms with Gasteiger partial charge in [-0.1, -0.05) is 54.6 Å². The van der Waals surface area contributed by atoms with E-state index in [-0.39, 0.29) is 23.3 Å². The van der Waals surface area contributed by atoms with Crippen molar-refractivity contribution in [1.29, 1.82) is 0 Å². The molecule has 28 heavy (non-hydrogen) atoms. The smallest absolute Gasteiger partial charge is 0.262 e. The zero-order valence-corrected chi connectivity index (χ0v) is 17.4. The van der Waals surface area contributed by atoms with Gasteiger partial charge in [0.1, 0.15) is 0 Å². The van der Waals surface area contributed by atoms with Gasteiger partial charge in [0.25, 0.3) is 5.56 Å². The average Bonchev–Trinajstić information content (AvgIpc) is 2.70. The number of halogens is 1. The molecule has 2 aromatic carbocycles. The molecule has 1 unspecified atom stereocenters. The Kier molecular flexibility index (Phi) is 6.75. The van der Waals surface area contributed by atoms with E-state index >= 15 is 0 Å². The van der Waals surface area contributed by atoms with Crippen molar-refractivity contribution in [3.8, 4) is 0 Å². The lowest BCUT2D eigenvalue weighted by atomic mass is 10.2. The lowest BCUT2D eigenvalue weighted by molar-refractivity contribution is -0.119. The highest BCUT2D eigenvalue weighted by Crippen LogP contribution is 2.19. The minimum Gasteiger partial charge on any atom is -0.353 e. The van der Waals surface area contributed by atoms with Crippen molar-refractivity contribution >= 4 is 40.2 Å². The first-order valence-electron chi connectivity index (χ1n) is 9.14. The predicted octanol–water partition coefficient (Wildman–Crippen LogP) is 4.11. The first-order valence-corrected chi connectivity index (χ1v) is 10.5. The Morgan fingerprint density at radius 2 is 1.93 bits per heavy atom. The third-order valence-electron chi connectivity index (χ3n) is 4.43. The summed E-state index contributed by atoms with van der Waals surface area (Å²) in [7, 11) is 0. The lowest BCUT2D eigenvalue weighted by Crippen LogP contribution is -2.33. The van der Waals surface area contributed by atoms with E-state index in [1.165, 1.54) is 11.8 Å². The van der Waals surface area contributed by atoms with Crippen LogP contribution in [0, 0.1) is 0 Å². The molecule has 0 aliphatic carbocycles. The normalized spacial score (nSPS) is 12.1. The number of rotatable bonds is 7. The molecular weight excluding hydrogens is 394 g/mol. The fourth-order valence-electron chi connectivity index (χ4n) is 2.72. The number of hydrogen-bond acceptors (Lipinski definition) is 4. The molecule has 1 amide bonds. The van der Waals surface area contributed by atoms with Gasteiger partial charge >= 0.3 is 0 Å². The molecule has 0 radical (unpaired) electrons. The van der Waals surface area contributed by atoms with E-state index in [2.05, 4.69) is 10.3 Å². The number of hydrogen-bond donors (Lipinski definition) is 1. The van der Waals surface area contributed by atoms with Crippen LogP contribution in [0.2, 0.25) is 5.02 Å². The Balaban J connectivity index is 1.93. The van der Waals surface area contributed by atoms with E-state index in [1.54, 1.807) is 22.8 Å². The standard InChI is InChI=1S/C21H22ClN3O2S/c1-3-14(2)23-19(26)13-28-21-24-18-7-5-4-6-17(18)20(27)25(21)12-15-8-10-16(22)11-9-15/h4-11,14H,3,12-13H2,1-2H3,(H,23,26). The van der Waals surface area contributed by atoms with Crippen LogP contribution < -0.4 is 10.9 Å². The number of fused-ring (bicyclic) bond motifs is 1. The molecule has 5 nitrogen and oxygen atoms in total. The molecule has 146 valence electrons. The van der Waals surface area contributed by atoms with Crippen LogP contribution in [0.15, 0.2) is 58.5 Å².